The normalized spacial score (nSPS) is 10.7. The number of aromatic nitrogens is 1. The van der Waals surface area contributed by atoms with Crippen LogP contribution < -0.4 is 9.64 Å². The van der Waals surface area contributed by atoms with Gasteiger partial charge >= 0.3 is 0 Å². The van der Waals surface area contributed by atoms with E-state index in [9.17, 15) is 17.6 Å². The molecule has 0 radical (unpaired) electrons. The maximum absolute atomic E-state index is 13.7. The fourth-order valence-electron chi connectivity index (χ4n) is 2.02. The van der Waals surface area contributed by atoms with E-state index < -0.39 is 29.2 Å². The Morgan fingerprint density at radius 2 is 1.73 bits per heavy atom. The second-order valence-corrected chi connectivity index (χ2v) is 4.92. The summed E-state index contributed by atoms with van der Waals surface area (Å²) in [4.78, 5) is 3.52. The summed E-state index contributed by atoms with van der Waals surface area (Å²) in [5.74, 6) is -6.13. The number of anilines is 1. The number of methoxy groups -OCH3 is 1. The summed E-state index contributed by atoms with van der Waals surface area (Å²) in [5.41, 5.74) is -0.360. The fraction of sp³-hybridized carbons (Fsp3) is 0.214. The molecule has 2 aromatic rings. The third kappa shape index (κ3) is 3.09. The van der Waals surface area contributed by atoms with Gasteiger partial charge in [-0.1, -0.05) is 11.6 Å². The number of halogens is 5. The molecule has 0 N–H and O–H groups in total. The number of pyridine rings is 1. The molecule has 0 amide bonds. The monoisotopic (exact) mass is 334 g/mol. The molecule has 118 valence electrons. The Kier molecular flexibility index (Phi) is 4.75. The Bertz CT molecular complexity index is 685. The summed E-state index contributed by atoms with van der Waals surface area (Å²) in [6, 6.07) is 4.68. The van der Waals surface area contributed by atoms with Gasteiger partial charge in [0.25, 0.3) is 11.9 Å². The molecule has 0 spiro atoms. The zero-order valence-corrected chi connectivity index (χ0v) is 12.4. The quantitative estimate of drug-likeness (QED) is 0.625. The Balaban J connectivity index is 2.42. The molecular weight excluding hydrogens is 324 g/mol. The Morgan fingerprint density at radius 1 is 1.14 bits per heavy atom. The third-order valence-electron chi connectivity index (χ3n) is 3.01. The second-order valence-electron chi connectivity index (χ2n) is 4.48. The van der Waals surface area contributed by atoms with E-state index in [1.54, 1.807) is 12.1 Å². The van der Waals surface area contributed by atoms with Crippen molar-refractivity contribution < 1.29 is 22.3 Å². The van der Waals surface area contributed by atoms with Crippen LogP contribution in [0.15, 0.2) is 18.2 Å². The van der Waals surface area contributed by atoms with Gasteiger partial charge in [0.15, 0.2) is 0 Å². The molecule has 0 fully saturated rings. The first kappa shape index (κ1) is 16.4. The van der Waals surface area contributed by atoms with Crippen LogP contribution in [0.5, 0.6) is 5.75 Å². The van der Waals surface area contributed by atoms with Crippen molar-refractivity contribution in [3.8, 4) is 5.75 Å². The summed E-state index contributed by atoms with van der Waals surface area (Å²) in [6.07, 6.45) is 0. The van der Waals surface area contributed by atoms with Crippen LogP contribution in [0, 0.1) is 23.5 Å². The summed E-state index contributed by atoms with van der Waals surface area (Å²) in [7, 11) is 2.69. The first-order valence-corrected chi connectivity index (χ1v) is 6.46. The van der Waals surface area contributed by atoms with Crippen LogP contribution in [0.4, 0.5) is 23.2 Å². The standard InChI is InChI=1S/C14H11ClF4N2O/c1-21(6-7-5-8(15)3-4-9(7)22-2)12-10(16)13(18)20-14(19)11(12)17/h3-5H,6H2,1-2H3. The zero-order valence-electron chi connectivity index (χ0n) is 11.6. The zero-order chi connectivity index (χ0) is 16.4. The summed E-state index contributed by atoms with van der Waals surface area (Å²) in [5, 5.41) is 0.386. The molecule has 0 aliphatic rings. The van der Waals surface area contributed by atoms with E-state index in [1.165, 1.54) is 20.2 Å². The van der Waals surface area contributed by atoms with E-state index >= 15 is 0 Å². The highest BCUT2D eigenvalue weighted by Gasteiger charge is 2.24. The third-order valence-corrected chi connectivity index (χ3v) is 3.24. The van der Waals surface area contributed by atoms with Gasteiger partial charge in [-0.05, 0) is 18.2 Å². The molecule has 2 rings (SSSR count). The molecule has 8 heteroatoms. The van der Waals surface area contributed by atoms with Gasteiger partial charge in [0.05, 0.1) is 7.11 Å². The van der Waals surface area contributed by atoms with E-state index in [2.05, 4.69) is 4.98 Å². The molecule has 0 bridgehead atoms. The van der Waals surface area contributed by atoms with Gasteiger partial charge in [-0.2, -0.15) is 22.5 Å². The minimum Gasteiger partial charge on any atom is -0.496 e. The number of benzene rings is 1. The van der Waals surface area contributed by atoms with Crippen LogP contribution in [-0.4, -0.2) is 19.1 Å². The number of rotatable bonds is 4. The topological polar surface area (TPSA) is 25.4 Å². The van der Waals surface area contributed by atoms with E-state index in [1.807, 2.05) is 0 Å². The lowest BCUT2D eigenvalue weighted by atomic mass is 10.2. The molecule has 0 aliphatic heterocycles. The smallest absolute Gasteiger partial charge is 0.253 e. The SMILES string of the molecule is COc1ccc(Cl)cc1CN(C)c1c(F)c(F)nc(F)c1F. The van der Waals surface area contributed by atoms with Crippen LogP contribution in [-0.2, 0) is 6.54 Å². The molecule has 22 heavy (non-hydrogen) atoms. The Labute approximate surface area is 129 Å². The van der Waals surface area contributed by atoms with E-state index in [0.29, 0.717) is 16.3 Å². The van der Waals surface area contributed by atoms with Gasteiger partial charge in [0.2, 0.25) is 11.6 Å². The number of hydrogen-bond donors (Lipinski definition) is 0. The molecule has 0 atom stereocenters. The predicted octanol–water partition coefficient (Wildman–Crippen LogP) is 3.94. The number of nitrogens with zero attached hydrogens (tertiary/aromatic N) is 2. The van der Waals surface area contributed by atoms with Crippen molar-refractivity contribution in [1.82, 2.24) is 4.98 Å². The molecular formula is C14H11ClF4N2O. The lowest BCUT2D eigenvalue weighted by Crippen LogP contribution is -2.21. The molecule has 3 nitrogen and oxygen atoms in total. The van der Waals surface area contributed by atoms with E-state index in [4.69, 9.17) is 16.3 Å². The van der Waals surface area contributed by atoms with Gasteiger partial charge in [0, 0.05) is 24.2 Å². The van der Waals surface area contributed by atoms with Crippen LogP contribution >= 0.6 is 11.6 Å². The molecule has 1 aromatic heterocycles. The summed E-state index contributed by atoms with van der Waals surface area (Å²) < 4.78 is 58.9. The van der Waals surface area contributed by atoms with Crippen molar-refractivity contribution >= 4 is 17.3 Å². The molecule has 1 heterocycles. The van der Waals surface area contributed by atoms with Crippen molar-refractivity contribution in [3.05, 3.63) is 52.3 Å². The molecule has 0 unspecified atom stereocenters. The van der Waals surface area contributed by atoms with Gasteiger partial charge < -0.3 is 9.64 Å². The van der Waals surface area contributed by atoms with Gasteiger partial charge in [0.1, 0.15) is 11.4 Å². The Hall–Kier alpha value is -2.02. The lowest BCUT2D eigenvalue weighted by molar-refractivity contribution is 0.403. The van der Waals surface area contributed by atoms with Gasteiger partial charge in [-0.15, -0.1) is 0 Å². The van der Waals surface area contributed by atoms with Crippen molar-refractivity contribution in [2.24, 2.45) is 0 Å². The Morgan fingerprint density at radius 3 is 2.27 bits per heavy atom. The fourth-order valence-corrected chi connectivity index (χ4v) is 2.21. The lowest BCUT2D eigenvalue weighted by Gasteiger charge is -2.22. The van der Waals surface area contributed by atoms with Crippen LogP contribution in [0.3, 0.4) is 0 Å². The largest absolute Gasteiger partial charge is 0.496 e. The van der Waals surface area contributed by atoms with Crippen molar-refractivity contribution in [2.45, 2.75) is 6.54 Å². The van der Waals surface area contributed by atoms with E-state index in [-0.39, 0.29) is 6.54 Å². The van der Waals surface area contributed by atoms with Crippen LogP contribution in [0.25, 0.3) is 0 Å². The first-order valence-electron chi connectivity index (χ1n) is 6.08. The van der Waals surface area contributed by atoms with Crippen LogP contribution in [0.2, 0.25) is 5.02 Å². The summed E-state index contributed by atoms with van der Waals surface area (Å²) in [6.45, 7) is -0.0829. The maximum atomic E-state index is 13.7. The molecule has 0 saturated heterocycles. The molecule has 0 aliphatic carbocycles. The minimum atomic E-state index is -1.71. The van der Waals surface area contributed by atoms with Gasteiger partial charge in [-0.25, -0.2) is 0 Å². The van der Waals surface area contributed by atoms with Crippen molar-refractivity contribution in [3.63, 3.8) is 0 Å². The predicted molar refractivity (Wildman–Crippen MR) is 74.2 cm³/mol. The first-order chi connectivity index (χ1) is 10.3. The molecule has 1 aromatic carbocycles. The second kappa shape index (κ2) is 6.39. The highest BCUT2D eigenvalue weighted by Crippen LogP contribution is 2.29. The molecule has 0 saturated carbocycles. The highest BCUT2D eigenvalue weighted by atomic mass is 35.5. The average Bonchev–Trinajstić information content (AvgIpc) is 2.46. The van der Waals surface area contributed by atoms with Gasteiger partial charge in [-0.3, -0.25) is 0 Å². The summed E-state index contributed by atoms with van der Waals surface area (Å²) >= 11 is 5.86. The van der Waals surface area contributed by atoms with Crippen molar-refractivity contribution in [2.75, 3.05) is 19.1 Å². The number of hydrogen-bond acceptors (Lipinski definition) is 3. The van der Waals surface area contributed by atoms with Crippen LogP contribution in [0.1, 0.15) is 5.56 Å². The van der Waals surface area contributed by atoms with Crippen molar-refractivity contribution in [1.29, 1.82) is 0 Å². The number of ether oxygens (including phenoxy) is 1. The maximum Gasteiger partial charge on any atom is 0.253 e. The average molecular weight is 335 g/mol. The van der Waals surface area contributed by atoms with E-state index in [0.717, 1.165) is 4.90 Å². The highest BCUT2D eigenvalue weighted by molar-refractivity contribution is 6.30. The minimum absolute atomic E-state index is 0.0829.